The molecule has 0 radical (unpaired) electrons. The van der Waals surface area contributed by atoms with Crippen molar-refractivity contribution in [3.8, 4) is 5.75 Å². The summed E-state index contributed by atoms with van der Waals surface area (Å²) >= 11 is 0. The maximum absolute atomic E-state index is 13.0. The highest BCUT2D eigenvalue weighted by atomic mass is 16.5. The van der Waals surface area contributed by atoms with Gasteiger partial charge in [-0.2, -0.15) is 0 Å². The average Bonchev–Trinajstić information content (AvgIpc) is 2.99. The summed E-state index contributed by atoms with van der Waals surface area (Å²) in [7, 11) is 1.55. The van der Waals surface area contributed by atoms with Crippen molar-refractivity contribution in [3.05, 3.63) is 59.2 Å². The molecule has 2 aromatic carbocycles. The Morgan fingerprint density at radius 3 is 2.52 bits per heavy atom. The number of amides is 4. The van der Waals surface area contributed by atoms with Gasteiger partial charge in [-0.25, -0.2) is 4.79 Å². The Bertz CT molecular complexity index is 947. The smallest absolute Gasteiger partial charge is 0.324 e. The average molecular weight is 395 g/mol. The molecule has 0 aromatic heterocycles. The lowest BCUT2D eigenvalue weighted by atomic mass is 9.87. The van der Waals surface area contributed by atoms with Gasteiger partial charge in [-0.15, -0.1) is 0 Å². The highest BCUT2D eigenvalue weighted by molar-refractivity contribution is 6.06. The van der Waals surface area contributed by atoms with Gasteiger partial charge >= 0.3 is 6.03 Å². The van der Waals surface area contributed by atoms with Crippen molar-refractivity contribution < 1.29 is 19.1 Å². The first-order valence-corrected chi connectivity index (χ1v) is 9.36. The zero-order valence-corrected chi connectivity index (χ0v) is 17.0. The van der Waals surface area contributed by atoms with Crippen LogP contribution in [0.3, 0.4) is 0 Å². The Labute approximate surface area is 170 Å². The highest BCUT2D eigenvalue weighted by Gasteiger charge is 2.29. The predicted octanol–water partition coefficient (Wildman–Crippen LogP) is 3.30. The molecule has 7 heteroatoms. The van der Waals surface area contributed by atoms with E-state index in [2.05, 4.69) is 31.4 Å². The first-order chi connectivity index (χ1) is 13.7. The van der Waals surface area contributed by atoms with Crippen LogP contribution in [0.2, 0.25) is 0 Å². The van der Waals surface area contributed by atoms with Gasteiger partial charge in [-0.3, -0.25) is 14.5 Å². The SMILES string of the molecule is COc1ccc(C(C)(C)C)cc1NC(=O)c1ccccc1CN1C(=O)CNC1=O. The lowest BCUT2D eigenvalue weighted by Gasteiger charge is -2.21. The second kappa shape index (κ2) is 7.95. The van der Waals surface area contributed by atoms with Gasteiger partial charge in [0.2, 0.25) is 5.91 Å². The second-order valence-electron chi connectivity index (χ2n) is 7.91. The molecular weight excluding hydrogens is 370 g/mol. The summed E-state index contributed by atoms with van der Waals surface area (Å²) in [5.74, 6) is -0.0975. The number of carbonyl (C=O) groups is 3. The molecule has 1 fully saturated rings. The number of anilines is 1. The third-order valence-corrected chi connectivity index (χ3v) is 4.84. The fourth-order valence-electron chi connectivity index (χ4n) is 3.13. The van der Waals surface area contributed by atoms with Gasteiger partial charge in [0.25, 0.3) is 5.91 Å². The molecule has 0 bridgehead atoms. The first-order valence-electron chi connectivity index (χ1n) is 9.36. The molecule has 2 N–H and O–H groups in total. The number of imide groups is 1. The van der Waals surface area contributed by atoms with Crippen LogP contribution in [0.25, 0.3) is 0 Å². The molecule has 29 heavy (non-hydrogen) atoms. The van der Waals surface area contributed by atoms with Crippen molar-refractivity contribution >= 4 is 23.5 Å². The molecule has 1 aliphatic rings. The van der Waals surface area contributed by atoms with Crippen LogP contribution in [0.1, 0.15) is 42.3 Å². The van der Waals surface area contributed by atoms with E-state index in [1.54, 1.807) is 31.4 Å². The van der Waals surface area contributed by atoms with Gasteiger partial charge in [-0.05, 0) is 34.7 Å². The number of ether oxygens (including phenoxy) is 1. The topological polar surface area (TPSA) is 87.7 Å². The van der Waals surface area contributed by atoms with E-state index in [-0.39, 0.29) is 30.3 Å². The molecule has 152 valence electrons. The highest BCUT2D eigenvalue weighted by Crippen LogP contribution is 2.32. The summed E-state index contributed by atoms with van der Waals surface area (Å²) in [5.41, 5.74) is 2.51. The van der Waals surface area contributed by atoms with Crippen LogP contribution < -0.4 is 15.4 Å². The second-order valence-corrected chi connectivity index (χ2v) is 7.91. The Morgan fingerprint density at radius 1 is 1.17 bits per heavy atom. The van der Waals surface area contributed by atoms with E-state index in [9.17, 15) is 14.4 Å². The van der Waals surface area contributed by atoms with Crippen molar-refractivity contribution in [2.45, 2.75) is 32.7 Å². The molecule has 0 atom stereocenters. The number of nitrogens with one attached hydrogen (secondary N) is 2. The fraction of sp³-hybridized carbons (Fsp3) is 0.318. The van der Waals surface area contributed by atoms with E-state index in [0.717, 1.165) is 10.5 Å². The number of hydrogen-bond donors (Lipinski definition) is 2. The van der Waals surface area contributed by atoms with E-state index in [1.165, 1.54) is 0 Å². The van der Waals surface area contributed by atoms with Gasteiger partial charge in [0.1, 0.15) is 5.75 Å². The summed E-state index contributed by atoms with van der Waals surface area (Å²) in [6.45, 7) is 6.28. The van der Waals surface area contributed by atoms with E-state index in [0.29, 0.717) is 22.6 Å². The van der Waals surface area contributed by atoms with Gasteiger partial charge in [0, 0.05) is 5.56 Å². The maximum Gasteiger partial charge on any atom is 0.324 e. The Balaban J connectivity index is 1.89. The number of hydrogen-bond acceptors (Lipinski definition) is 4. The molecule has 0 spiro atoms. The van der Waals surface area contributed by atoms with Crippen molar-refractivity contribution in [3.63, 3.8) is 0 Å². The Kier molecular flexibility index (Phi) is 5.59. The summed E-state index contributed by atoms with van der Waals surface area (Å²) in [5, 5.41) is 5.39. The van der Waals surface area contributed by atoms with Crippen LogP contribution >= 0.6 is 0 Å². The minimum absolute atomic E-state index is 0.0238. The third-order valence-electron chi connectivity index (χ3n) is 4.84. The Hall–Kier alpha value is -3.35. The van der Waals surface area contributed by atoms with Crippen molar-refractivity contribution in [2.24, 2.45) is 0 Å². The summed E-state index contributed by atoms with van der Waals surface area (Å²) < 4.78 is 5.40. The molecule has 0 saturated carbocycles. The molecule has 0 aliphatic carbocycles. The van der Waals surface area contributed by atoms with Gasteiger partial charge in [-0.1, -0.05) is 45.0 Å². The lowest BCUT2D eigenvalue weighted by Crippen LogP contribution is -2.31. The standard InChI is InChI=1S/C22H25N3O4/c1-22(2,3)15-9-10-18(29-4)17(11-15)24-20(27)16-8-6-5-7-14(16)13-25-19(26)12-23-21(25)28/h5-11H,12-13H2,1-4H3,(H,23,28)(H,24,27). The number of methoxy groups -OCH3 is 1. The number of nitrogens with zero attached hydrogens (tertiary/aromatic N) is 1. The van der Waals surface area contributed by atoms with Crippen molar-refractivity contribution in [1.82, 2.24) is 10.2 Å². The quantitative estimate of drug-likeness (QED) is 0.761. The molecule has 1 heterocycles. The van der Waals surface area contributed by atoms with Crippen molar-refractivity contribution in [2.75, 3.05) is 19.0 Å². The van der Waals surface area contributed by atoms with Gasteiger partial charge in [0.15, 0.2) is 0 Å². The first kappa shape index (κ1) is 20.4. The monoisotopic (exact) mass is 395 g/mol. The largest absolute Gasteiger partial charge is 0.495 e. The number of urea groups is 1. The molecule has 0 unspecified atom stereocenters. The molecule has 1 saturated heterocycles. The van der Waals surface area contributed by atoms with Crippen LogP contribution in [-0.2, 0) is 16.8 Å². The van der Waals surface area contributed by atoms with E-state index < -0.39 is 6.03 Å². The van der Waals surface area contributed by atoms with Crippen molar-refractivity contribution in [1.29, 1.82) is 0 Å². The van der Waals surface area contributed by atoms with Gasteiger partial charge < -0.3 is 15.4 Å². The molecule has 4 amide bonds. The number of rotatable bonds is 5. The van der Waals surface area contributed by atoms with Crippen LogP contribution in [0.4, 0.5) is 10.5 Å². The normalized spacial score (nSPS) is 14.0. The predicted molar refractivity (Wildman–Crippen MR) is 110 cm³/mol. The zero-order chi connectivity index (χ0) is 21.2. The number of benzene rings is 2. The summed E-state index contributed by atoms with van der Waals surface area (Å²) in [6, 6.07) is 12.2. The van der Waals surface area contributed by atoms with Crippen LogP contribution in [-0.4, -0.2) is 36.4 Å². The third kappa shape index (κ3) is 4.39. The molecule has 1 aliphatic heterocycles. The molecule has 7 nitrogen and oxygen atoms in total. The van der Waals surface area contributed by atoms with Crippen LogP contribution in [0.5, 0.6) is 5.75 Å². The molecule has 2 aromatic rings. The summed E-state index contributed by atoms with van der Waals surface area (Å²) in [4.78, 5) is 37.9. The van der Waals surface area contributed by atoms with E-state index in [1.807, 2.05) is 18.2 Å². The lowest BCUT2D eigenvalue weighted by molar-refractivity contribution is -0.125. The fourth-order valence-corrected chi connectivity index (χ4v) is 3.13. The van der Waals surface area contributed by atoms with Crippen LogP contribution in [0, 0.1) is 0 Å². The zero-order valence-electron chi connectivity index (χ0n) is 17.0. The van der Waals surface area contributed by atoms with E-state index >= 15 is 0 Å². The maximum atomic E-state index is 13.0. The minimum Gasteiger partial charge on any atom is -0.495 e. The molecule has 3 rings (SSSR count). The van der Waals surface area contributed by atoms with Gasteiger partial charge in [0.05, 0.1) is 25.9 Å². The van der Waals surface area contributed by atoms with E-state index in [4.69, 9.17) is 4.74 Å². The minimum atomic E-state index is -0.454. The van der Waals surface area contributed by atoms with Crippen LogP contribution in [0.15, 0.2) is 42.5 Å². The summed E-state index contributed by atoms with van der Waals surface area (Å²) in [6.07, 6.45) is 0. The Morgan fingerprint density at radius 2 is 1.90 bits per heavy atom. The number of carbonyl (C=O) groups excluding carboxylic acids is 3. The molecular formula is C22H25N3O4.